The van der Waals surface area contributed by atoms with Crippen molar-refractivity contribution < 1.29 is 28.6 Å². The average Bonchev–Trinajstić information content (AvgIpc) is 3.44. The van der Waals surface area contributed by atoms with Crippen molar-refractivity contribution in [3.8, 4) is 0 Å². The first-order valence-corrected chi connectivity index (χ1v) is 35.7. The highest BCUT2D eigenvalue weighted by atomic mass is 16.6. The number of hydrogen-bond acceptors (Lipinski definition) is 6. The van der Waals surface area contributed by atoms with E-state index in [9.17, 15) is 14.4 Å². The lowest BCUT2D eigenvalue weighted by Crippen LogP contribution is -2.30. The molecule has 78 heavy (non-hydrogen) atoms. The van der Waals surface area contributed by atoms with Gasteiger partial charge in [-0.1, -0.05) is 360 Å². The van der Waals surface area contributed by atoms with Crippen molar-refractivity contribution in [3.63, 3.8) is 0 Å². The fourth-order valence-electron chi connectivity index (χ4n) is 11.2. The highest BCUT2D eigenvalue weighted by Gasteiger charge is 2.19. The Kier molecular flexibility index (Phi) is 66.0. The van der Waals surface area contributed by atoms with Crippen molar-refractivity contribution in [2.75, 3.05) is 13.2 Å². The molecule has 0 fully saturated rings. The molecule has 0 N–H and O–H groups in total. The van der Waals surface area contributed by atoms with Gasteiger partial charge in [-0.2, -0.15) is 0 Å². The van der Waals surface area contributed by atoms with Gasteiger partial charge in [0.05, 0.1) is 0 Å². The Balaban J connectivity index is 4.03. The molecule has 0 aromatic heterocycles. The third-order valence-electron chi connectivity index (χ3n) is 16.5. The van der Waals surface area contributed by atoms with Gasteiger partial charge in [-0.05, 0) is 44.9 Å². The quantitative estimate of drug-likeness (QED) is 0.0261. The number of rotatable bonds is 67. The van der Waals surface area contributed by atoms with Crippen LogP contribution in [0.1, 0.15) is 412 Å². The van der Waals surface area contributed by atoms with E-state index in [-0.39, 0.29) is 31.1 Å². The minimum absolute atomic E-state index is 0.0660. The van der Waals surface area contributed by atoms with Crippen LogP contribution in [0.3, 0.4) is 0 Å². The van der Waals surface area contributed by atoms with Gasteiger partial charge in [-0.25, -0.2) is 0 Å². The number of carbonyl (C=O) groups excluding carboxylic acids is 3. The molecule has 1 atom stereocenters. The topological polar surface area (TPSA) is 78.9 Å². The maximum atomic E-state index is 12.9. The van der Waals surface area contributed by atoms with Gasteiger partial charge in [0.2, 0.25) is 0 Å². The largest absolute Gasteiger partial charge is 0.462 e. The first-order chi connectivity index (χ1) is 38.5. The van der Waals surface area contributed by atoms with Crippen molar-refractivity contribution in [1.82, 2.24) is 0 Å². The molecule has 0 rings (SSSR count). The summed E-state index contributed by atoms with van der Waals surface area (Å²) in [7, 11) is 0. The molecule has 6 nitrogen and oxygen atoms in total. The van der Waals surface area contributed by atoms with Crippen LogP contribution in [-0.4, -0.2) is 37.2 Å². The predicted octanol–water partition coefficient (Wildman–Crippen LogP) is 24.4. The Hall–Kier alpha value is -1.85. The maximum Gasteiger partial charge on any atom is 0.306 e. The minimum Gasteiger partial charge on any atom is -0.462 e. The number of allylic oxidation sites excluding steroid dienone is 2. The molecular weight excluding hydrogens is 961 g/mol. The van der Waals surface area contributed by atoms with Gasteiger partial charge in [-0.15, -0.1) is 0 Å². The molecule has 0 aliphatic carbocycles. The van der Waals surface area contributed by atoms with Gasteiger partial charge in [0, 0.05) is 19.3 Å². The lowest BCUT2D eigenvalue weighted by Gasteiger charge is -2.18. The lowest BCUT2D eigenvalue weighted by atomic mass is 10.0. The smallest absolute Gasteiger partial charge is 0.306 e. The Morgan fingerprint density at radius 1 is 0.244 bits per heavy atom. The average molecular weight is 1100 g/mol. The van der Waals surface area contributed by atoms with E-state index in [1.54, 1.807) is 0 Å². The maximum absolute atomic E-state index is 12.9. The van der Waals surface area contributed by atoms with Gasteiger partial charge < -0.3 is 14.2 Å². The molecule has 0 aromatic carbocycles. The summed E-state index contributed by atoms with van der Waals surface area (Å²) in [5.41, 5.74) is 0. The monoisotopic (exact) mass is 1100 g/mol. The third-order valence-corrected chi connectivity index (χ3v) is 16.5. The normalized spacial score (nSPS) is 12.0. The molecule has 0 aliphatic rings. The van der Waals surface area contributed by atoms with E-state index in [0.29, 0.717) is 19.3 Å². The molecule has 0 bridgehead atoms. The van der Waals surface area contributed by atoms with E-state index < -0.39 is 6.10 Å². The van der Waals surface area contributed by atoms with Gasteiger partial charge in [-0.3, -0.25) is 14.4 Å². The molecule has 0 aliphatic heterocycles. The van der Waals surface area contributed by atoms with Gasteiger partial charge in [0.15, 0.2) is 6.10 Å². The van der Waals surface area contributed by atoms with Crippen LogP contribution >= 0.6 is 0 Å². The zero-order valence-corrected chi connectivity index (χ0v) is 53.2. The standard InChI is InChI=1S/C72H138O6/c1-4-7-10-13-16-19-22-25-27-28-29-30-31-32-33-34-35-36-37-38-39-40-41-42-43-44-45-48-50-53-56-59-62-65-71(74)77-68-69(67-76-70(73)64-61-58-55-52-49-46-24-21-18-15-12-9-6-3)78-72(75)66-63-60-57-54-51-47-26-23-20-17-14-11-8-5-2/h21,24,69H,4-20,22-23,25-68H2,1-3H3/b24-21-. The molecular formula is C72H138O6. The molecule has 0 spiro atoms. The van der Waals surface area contributed by atoms with E-state index in [4.69, 9.17) is 14.2 Å². The van der Waals surface area contributed by atoms with Crippen LogP contribution in [0, 0.1) is 0 Å². The summed E-state index contributed by atoms with van der Waals surface area (Å²) in [5, 5.41) is 0. The first-order valence-electron chi connectivity index (χ1n) is 35.7. The number of carbonyl (C=O) groups is 3. The fraction of sp³-hybridized carbons (Fsp3) is 0.931. The van der Waals surface area contributed by atoms with Crippen molar-refractivity contribution in [1.29, 1.82) is 0 Å². The summed E-state index contributed by atoms with van der Waals surface area (Å²) in [6.45, 7) is 6.70. The van der Waals surface area contributed by atoms with Crippen LogP contribution < -0.4 is 0 Å². The fourth-order valence-corrected chi connectivity index (χ4v) is 11.2. The van der Waals surface area contributed by atoms with Crippen molar-refractivity contribution in [3.05, 3.63) is 12.2 Å². The van der Waals surface area contributed by atoms with E-state index >= 15 is 0 Å². The van der Waals surface area contributed by atoms with Crippen molar-refractivity contribution >= 4 is 17.9 Å². The molecule has 0 saturated heterocycles. The van der Waals surface area contributed by atoms with Crippen LogP contribution in [0.4, 0.5) is 0 Å². The molecule has 1 unspecified atom stereocenters. The molecule has 0 amide bonds. The highest BCUT2D eigenvalue weighted by molar-refractivity contribution is 5.71. The lowest BCUT2D eigenvalue weighted by molar-refractivity contribution is -0.167. The number of hydrogen-bond donors (Lipinski definition) is 0. The number of esters is 3. The summed E-state index contributed by atoms with van der Waals surface area (Å²) in [6, 6.07) is 0. The Morgan fingerprint density at radius 2 is 0.423 bits per heavy atom. The van der Waals surface area contributed by atoms with Gasteiger partial charge >= 0.3 is 17.9 Å². The number of unbranched alkanes of at least 4 members (excludes halogenated alkanes) is 54. The van der Waals surface area contributed by atoms with Gasteiger partial charge in [0.1, 0.15) is 13.2 Å². The summed E-state index contributed by atoms with van der Waals surface area (Å²) in [4.78, 5) is 38.3. The Bertz CT molecular complexity index is 1210. The summed E-state index contributed by atoms with van der Waals surface area (Å²) >= 11 is 0. The molecule has 0 heterocycles. The molecule has 462 valence electrons. The van der Waals surface area contributed by atoms with E-state index in [1.165, 1.54) is 308 Å². The second-order valence-electron chi connectivity index (χ2n) is 24.5. The first kappa shape index (κ1) is 76.1. The molecule has 0 saturated carbocycles. The second-order valence-corrected chi connectivity index (χ2v) is 24.5. The molecule has 0 radical (unpaired) electrons. The van der Waals surface area contributed by atoms with Crippen molar-refractivity contribution in [2.24, 2.45) is 0 Å². The van der Waals surface area contributed by atoms with Crippen LogP contribution in [0.15, 0.2) is 12.2 Å². The number of ether oxygens (including phenoxy) is 3. The van der Waals surface area contributed by atoms with E-state index in [2.05, 4.69) is 32.9 Å². The van der Waals surface area contributed by atoms with Crippen LogP contribution in [0.25, 0.3) is 0 Å². The Morgan fingerprint density at radius 3 is 0.654 bits per heavy atom. The van der Waals surface area contributed by atoms with Crippen LogP contribution in [-0.2, 0) is 28.6 Å². The summed E-state index contributed by atoms with van der Waals surface area (Å²) in [6.07, 6.45) is 81.2. The molecule has 0 aromatic rings. The SMILES string of the molecule is CCCCCC/C=C\CCCCCCCC(=O)OCC(COC(=O)CCCCCCCCCCCCCCCCCCCCCCCCCCCCCCCCCCC)OC(=O)CCCCCCCCCCCCCCCC. The zero-order chi connectivity index (χ0) is 56.4. The van der Waals surface area contributed by atoms with Crippen molar-refractivity contribution in [2.45, 2.75) is 419 Å². The Labute approximate surface area is 488 Å². The summed E-state index contributed by atoms with van der Waals surface area (Å²) < 4.78 is 16.9. The highest BCUT2D eigenvalue weighted by Crippen LogP contribution is 2.19. The van der Waals surface area contributed by atoms with E-state index in [0.717, 1.165) is 64.2 Å². The van der Waals surface area contributed by atoms with E-state index in [1.807, 2.05) is 0 Å². The van der Waals surface area contributed by atoms with Crippen LogP contribution in [0.5, 0.6) is 0 Å². The summed E-state index contributed by atoms with van der Waals surface area (Å²) in [5.74, 6) is -0.844. The van der Waals surface area contributed by atoms with Gasteiger partial charge in [0.25, 0.3) is 0 Å². The predicted molar refractivity (Wildman–Crippen MR) is 340 cm³/mol. The minimum atomic E-state index is -0.769. The van der Waals surface area contributed by atoms with Crippen LogP contribution in [0.2, 0.25) is 0 Å². The third kappa shape index (κ3) is 65.0. The zero-order valence-electron chi connectivity index (χ0n) is 53.2. The molecule has 6 heteroatoms. The second kappa shape index (κ2) is 67.7.